The van der Waals surface area contributed by atoms with Gasteiger partial charge in [0.15, 0.2) is 4.77 Å². The van der Waals surface area contributed by atoms with Crippen LogP contribution >= 0.6 is 12.2 Å². The molecule has 2 aromatic rings. The van der Waals surface area contributed by atoms with Crippen molar-refractivity contribution >= 4 is 24.0 Å². The maximum atomic E-state index is 13.3. The molecule has 3 N–H and O–H groups in total. The molecule has 0 amide bonds. The monoisotopic (exact) mass is 347 g/mol. The Labute approximate surface area is 141 Å². The Bertz CT molecular complexity index is 960. The number of hydrogen-bond donors (Lipinski definition) is 3. The highest BCUT2D eigenvalue weighted by molar-refractivity contribution is 7.71. The number of rotatable bonds is 2. The lowest BCUT2D eigenvalue weighted by Gasteiger charge is -2.28. The number of aromatic nitrogens is 2. The maximum Gasteiger partial charge on any atom is 0.336 e. The van der Waals surface area contributed by atoms with Gasteiger partial charge < -0.3 is 15.0 Å². The standard InChI is InChI=1S/C16H14FN3O3S/c1-7-10(15(22)23-2)11(8-3-5-9(17)6-4-8)12-13(18-7)19-16(24)20-14(12)21/h3-6,11H,1-2H3,(H3,18,19,20,21,24)/t11-/m0/s1. The van der Waals surface area contributed by atoms with Crippen LogP contribution in [0.2, 0.25) is 0 Å². The predicted molar refractivity (Wildman–Crippen MR) is 88.8 cm³/mol. The fourth-order valence-electron chi connectivity index (χ4n) is 2.86. The SMILES string of the molecule is COC(=O)C1=C(C)Nc2[nH]c(=S)[nH]c(=O)c2[C@H]1c1ccc(F)cc1. The van der Waals surface area contributed by atoms with Gasteiger partial charge in [0.05, 0.1) is 24.2 Å². The lowest BCUT2D eigenvalue weighted by atomic mass is 9.82. The van der Waals surface area contributed by atoms with E-state index in [1.54, 1.807) is 6.92 Å². The lowest BCUT2D eigenvalue weighted by molar-refractivity contribution is -0.136. The van der Waals surface area contributed by atoms with Gasteiger partial charge in [-0.15, -0.1) is 0 Å². The normalized spacial score (nSPS) is 16.4. The van der Waals surface area contributed by atoms with E-state index in [9.17, 15) is 14.0 Å². The molecule has 0 aliphatic carbocycles. The van der Waals surface area contributed by atoms with Gasteiger partial charge in [-0.3, -0.25) is 9.78 Å². The van der Waals surface area contributed by atoms with Crippen LogP contribution < -0.4 is 10.9 Å². The Morgan fingerprint density at radius 3 is 2.54 bits per heavy atom. The number of methoxy groups -OCH3 is 1. The minimum absolute atomic E-state index is 0.165. The van der Waals surface area contributed by atoms with E-state index in [0.29, 0.717) is 22.6 Å². The molecule has 6 nitrogen and oxygen atoms in total. The minimum atomic E-state index is -0.704. The smallest absolute Gasteiger partial charge is 0.336 e. The first-order valence-corrected chi connectivity index (χ1v) is 7.51. The zero-order valence-corrected chi connectivity index (χ0v) is 13.7. The number of aromatic amines is 2. The number of esters is 1. The van der Waals surface area contributed by atoms with Crippen molar-refractivity contribution in [3.05, 3.63) is 67.6 Å². The molecule has 2 heterocycles. The van der Waals surface area contributed by atoms with Crippen molar-refractivity contribution in [3.63, 3.8) is 0 Å². The van der Waals surface area contributed by atoms with Crippen molar-refractivity contribution in [2.24, 2.45) is 0 Å². The summed E-state index contributed by atoms with van der Waals surface area (Å²) in [6.45, 7) is 1.70. The average Bonchev–Trinajstić information content (AvgIpc) is 2.53. The van der Waals surface area contributed by atoms with Crippen LogP contribution in [0.25, 0.3) is 0 Å². The highest BCUT2D eigenvalue weighted by Gasteiger charge is 2.35. The molecule has 1 aromatic heterocycles. The van der Waals surface area contributed by atoms with Crippen molar-refractivity contribution in [2.45, 2.75) is 12.8 Å². The number of benzene rings is 1. The first-order chi connectivity index (χ1) is 11.4. The van der Waals surface area contributed by atoms with E-state index in [4.69, 9.17) is 17.0 Å². The number of allylic oxidation sites excluding steroid dienone is 1. The number of H-pyrrole nitrogens is 2. The molecule has 24 heavy (non-hydrogen) atoms. The summed E-state index contributed by atoms with van der Waals surface area (Å²) < 4.78 is 18.3. The van der Waals surface area contributed by atoms with E-state index >= 15 is 0 Å². The highest BCUT2D eigenvalue weighted by Crippen LogP contribution is 2.39. The molecule has 0 radical (unpaired) electrons. The molecule has 1 aliphatic heterocycles. The topological polar surface area (TPSA) is 87.0 Å². The molecule has 1 atom stereocenters. The second kappa shape index (κ2) is 6.04. The van der Waals surface area contributed by atoms with Crippen LogP contribution in [0.15, 0.2) is 40.3 Å². The molecule has 0 saturated heterocycles. The summed E-state index contributed by atoms with van der Waals surface area (Å²) in [7, 11) is 1.27. The summed E-state index contributed by atoms with van der Waals surface area (Å²) in [6, 6.07) is 5.62. The molecule has 0 unspecified atom stereocenters. The molecular weight excluding hydrogens is 333 g/mol. The molecular formula is C16H14FN3O3S. The van der Waals surface area contributed by atoms with E-state index in [2.05, 4.69) is 15.3 Å². The number of ether oxygens (including phenoxy) is 1. The number of halogens is 1. The Morgan fingerprint density at radius 1 is 1.25 bits per heavy atom. The third-order valence-corrected chi connectivity index (χ3v) is 4.09. The van der Waals surface area contributed by atoms with E-state index in [1.807, 2.05) is 0 Å². The predicted octanol–water partition coefficient (Wildman–Crippen LogP) is 2.58. The van der Waals surface area contributed by atoms with Crippen molar-refractivity contribution in [3.8, 4) is 0 Å². The van der Waals surface area contributed by atoms with Crippen LogP contribution in [0.1, 0.15) is 24.0 Å². The van der Waals surface area contributed by atoms with Gasteiger partial charge in [0.25, 0.3) is 5.56 Å². The largest absolute Gasteiger partial charge is 0.466 e. The third kappa shape index (κ3) is 2.65. The number of fused-ring (bicyclic) bond motifs is 1. The molecule has 8 heteroatoms. The second-order valence-corrected chi connectivity index (χ2v) is 5.74. The summed E-state index contributed by atoms with van der Waals surface area (Å²) in [6.07, 6.45) is 0. The number of carbonyl (C=O) groups excluding carboxylic acids is 1. The van der Waals surface area contributed by atoms with Gasteiger partial charge in [-0.25, -0.2) is 9.18 Å². The van der Waals surface area contributed by atoms with E-state index in [0.717, 1.165) is 0 Å². The fourth-order valence-corrected chi connectivity index (χ4v) is 3.05. The van der Waals surface area contributed by atoms with Gasteiger partial charge in [0.1, 0.15) is 11.6 Å². The quantitative estimate of drug-likeness (QED) is 0.574. The van der Waals surface area contributed by atoms with Gasteiger partial charge in [-0.2, -0.15) is 0 Å². The van der Waals surface area contributed by atoms with Crippen molar-refractivity contribution in [2.75, 3.05) is 12.4 Å². The van der Waals surface area contributed by atoms with E-state index in [-0.39, 0.29) is 10.3 Å². The second-order valence-electron chi connectivity index (χ2n) is 5.34. The molecule has 1 aromatic carbocycles. The van der Waals surface area contributed by atoms with Gasteiger partial charge in [0, 0.05) is 5.70 Å². The summed E-state index contributed by atoms with van der Waals surface area (Å²) in [4.78, 5) is 30.1. The fraction of sp³-hybridized carbons (Fsp3) is 0.188. The molecule has 0 bridgehead atoms. The molecule has 3 rings (SSSR count). The Hall–Kier alpha value is -2.74. The third-order valence-electron chi connectivity index (χ3n) is 3.88. The minimum Gasteiger partial charge on any atom is -0.466 e. The first-order valence-electron chi connectivity index (χ1n) is 7.10. The van der Waals surface area contributed by atoms with Crippen LogP contribution in [0.5, 0.6) is 0 Å². The van der Waals surface area contributed by atoms with Gasteiger partial charge >= 0.3 is 5.97 Å². The van der Waals surface area contributed by atoms with Crippen LogP contribution in [0, 0.1) is 10.6 Å². The first kappa shape index (κ1) is 16.1. The molecule has 124 valence electrons. The van der Waals surface area contributed by atoms with Crippen LogP contribution in [-0.4, -0.2) is 23.0 Å². The molecule has 1 aliphatic rings. The Balaban J connectivity index is 2.31. The van der Waals surface area contributed by atoms with Crippen LogP contribution in [-0.2, 0) is 9.53 Å². The number of nitrogens with one attached hydrogen (secondary N) is 3. The zero-order valence-electron chi connectivity index (χ0n) is 12.9. The number of carbonyl (C=O) groups is 1. The summed E-state index contributed by atoms with van der Waals surface area (Å²) in [5, 5.41) is 2.98. The zero-order chi connectivity index (χ0) is 17.4. The molecule has 0 saturated carbocycles. The molecule has 0 fully saturated rings. The Morgan fingerprint density at radius 2 is 1.92 bits per heavy atom. The summed E-state index contributed by atoms with van der Waals surface area (Å²) >= 11 is 4.99. The Kier molecular flexibility index (Phi) is 4.06. The maximum absolute atomic E-state index is 13.3. The van der Waals surface area contributed by atoms with Gasteiger partial charge in [-0.05, 0) is 36.8 Å². The van der Waals surface area contributed by atoms with Crippen molar-refractivity contribution in [1.29, 1.82) is 0 Å². The summed E-state index contributed by atoms with van der Waals surface area (Å²) in [5.74, 6) is -1.27. The van der Waals surface area contributed by atoms with Gasteiger partial charge in [-0.1, -0.05) is 12.1 Å². The number of anilines is 1. The van der Waals surface area contributed by atoms with Crippen LogP contribution in [0.4, 0.5) is 10.2 Å². The highest BCUT2D eigenvalue weighted by atomic mass is 32.1. The average molecular weight is 347 g/mol. The van der Waals surface area contributed by atoms with Crippen molar-refractivity contribution in [1.82, 2.24) is 9.97 Å². The van der Waals surface area contributed by atoms with Gasteiger partial charge in [0.2, 0.25) is 0 Å². The number of hydrogen-bond acceptors (Lipinski definition) is 5. The van der Waals surface area contributed by atoms with E-state index in [1.165, 1.54) is 31.4 Å². The molecule has 0 spiro atoms. The van der Waals surface area contributed by atoms with Crippen molar-refractivity contribution < 1.29 is 13.9 Å². The summed E-state index contributed by atoms with van der Waals surface area (Å²) in [5.41, 5.74) is 1.27. The lowest BCUT2D eigenvalue weighted by Crippen LogP contribution is -2.30. The van der Waals surface area contributed by atoms with E-state index < -0.39 is 23.3 Å². The van der Waals surface area contributed by atoms with Crippen LogP contribution in [0.3, 0.4) is 0 Å².